The number of hydrogen-bond donors (Lipinski definition) is 1. The summed E-state index contributed by atoms with van der Waals surface area (Å²) in [5.41, 5.74) is 1.64. The van der Waals surface area contributed by atoms with E-state index in [1.54, 1.807) is 6.08 Å². The molecular weight excluding hydrogens is 238 g/mol. The third kappa shape index (κ3) is 3.32. The summed E-state index contributed by atoms with van der Waals surface area (Å²) in [6.07, 6.45) is 2.61. The second-order valence-corrected chi connectivity index (χ2v) is 4.60. The van der Waals surface area contributed by atoms with Crippen LogP contribution >= 0.6 is 11.6 Å². The van der Waals surface area contributed by atoms with Gasteiger partial charge in [0.05, 0.1) is 0 Å². The van der Waals surface area contributed by atoms with Gasteiger partial charge in [0.2, 0.25) is 0 Å². The average Bonchev–Trinajstić information content (AvgIpc) is 2.32. The van der Waals surface area contributed by atoms with Crippen molar-refractivity contribution in [2.75, 3.05) is 13.1 Å². The Morgan fingerprint density at radius 3 is 2.71 bits per heavy atom. The summed E-state index contributed by atoms with van der Waals surface area (Å²) < 4.78 is 0. The lowest BCUT2D eigenvalue weighted by molar-refractivity contribution is -0.133. The van der Waals surface area contributed by atoms with Gasteiger partial charge in [-0.2, -0.15) is 0 Å². The van der Waals surface area contributed by atoms with Gasteiger partial charge in [0.15, 0.2) is 0 Å². The topological polar surface area (TPSA) is 40.5 Å². The monoisotopic (exact) mass is 251 g/mol. The lowest BCUT2D eigenvalue weighted by atomic mass is 10.1. The van der Waals surface area contributed by atoms with Crippen LogP contribution in [0.2, 0.25) is 5.02 Å². The number of carbonyl (C=O) groups is 1. The molecule has 1 heterocycles. The van der Waals surface area contributed by atoms with Crippen LogP contribution in [-0.2, 0) is 11.3 Å². The maximum Gasteiger partial charge on any atom is 0.332 e. The van der Waals surface area contributed by atoms with Gasteiger partial charge in [-0.3, -0.25) is 4.90 Å². The third-order valence-electron chi connectivity index (χ3n) is 2.82. The predicted molar refractivity (Wildman–Crippen MR) is 67.1 cm³/mol. The molecule has 0 aliphatic carbocycles. The standard InChI is InChI=1S/C13H14ClNO2/c14-12-5-3-10(4-6-12)8-15-7-1-2-11(9-15)13(16)17/h2-6H,1,7-9H2,(H,16,17). The SMILES string of the molecule is O=C(O)C1=CCCN(Cc2ccc(Cl)cc2)C1. The lowest BCUT2D eigenvalue weighted by Gasteiger charge is -2.25. The first kappa shape index (κ1) is 12.1. The van der Waals surface area contributed by atoms with Crippen molar-refractivity contribution in [2.45, 2.75) is 13.0 Å². The minimum atomic E-state index is -0.814. The van der Waals surface area contributed by atoms with E-state index in [9.17, 15) is 4.79 Å². The van der Waals surface area contributed by atoms with E-state index in [-0.39, 0.29) is 0 Å². The summed E-state index contributed by atoms with van der Waals surface area (Å²) >= 11 is 5.82. The van der Waals surface area contributed by atoms with Crippen LogP contribution < -0.4 is 0 Å². The van der Waals surface area contributed by atoms with Crippen LogP contribution in [0, 0.1) is 0 Å². The Kier molecular flexibility index (Phi) is 3.82. The van der Waals surface area contributed by atoms with Gasteiger partial charge in [0.25, 0.3) is 0 Å². The highest BCUT2D eigenvalue weighted by molar-refractivity contribution is 6.30. The quantitative estimate of drug-likeness (QED) is 0.898. The summed E-state index contributed by atoms with van der Waals surface area (Å²) in [5, 5.41) is 9.67. The molecule has 0 bridgehead atoms. The number of halogens is 1. The maximum absolute atomic E-state index is 10.9. The molecule has 0 saturated carbocycles. The van der Waals surface area contributed by atoms with Gasteiger partial charge >= 0.3 is 5.97 Å². The van der Waals surface area contributed by atoms with E-state index in [2.05, 4.69) is 4.90 Å². The Hall–Kier alpha value is -1.32. The Bertz CT molecular complexity index is 439. The summed E-state index contributed by atoms with van der Waals surface area (Å²) in [5.74, 6) is -0.814. The number of aliphatic carboxylic acids is 1. The zero-order chi connectivity index (χ0) is 12.3. The van der Waals surface area contributed by atoms with Crippen molar-refractivity contribution >= 4 is 17.6 Å². The fraction of sp³-hybridized carbons (Fsp3) is 0.308. The van der Waals surface area contributed by atoms with Crippen LogP contribution in [0.15, 0.2) is 35.9 Å². The van der Waals surface area contributed by atoms with Gasteiger partial charge in [0.1, 0.15) is 0 Å². The molecule has 0 radical (unpaired) electrons. The molecule has 1 aromatic carbocycles. The van der Waals surface area contributed by atoms with Crippen molar-refractivity contribution in [1.82, 2.24) is 4.90 Å². The van der Waals surface area contributed by atoms with Gasteiger partial charge in [0, 0.05) is 30.2 Å². The number of carboxylic acids is 1. The minimum Gasteiger partial charge on any atom is -0.478 e. The van der Waals surface area contributed by atoms with Gasteiger partial charge in [-0.25, -0.2) is 4.79 Å². The first-order valence-corrected chi connectivity index (χ1v) is 5.92. The molecule has 3 nitrogen and oxygen atoms in total. The van der Waals surface area contributed by atoms with E-state index < -0.39 is 5.97 Å². The van der Waals surface area contributed by atoms with Gasteiger partial charge in [-0.1, -0.05) is 29.8 Å². The van der Waals surface area contributed by atoms with Crippen molar-refractivity contribution in [1.29, 1.82) is 0 Å². The minimum absolute atomic E-state index is 0.491. The molecule has 2 rings (SSSR count). The van der Waals surface area contributed by atoms with Crippen molar-refractivity contribution in [3.8, 4) is 0 Å². The fourth-order valence-corrected chi connectivity index (χ4v) is 2.07. The molecule has 0 spiro atoms. The molecule has 0 fully saturated rings. The predicted octanol–water partition coefficient (Wildman–Crippen LogP) is 2.56. The first-order valence-electron chi connectivity index (χ1n) is 5.54. The van der Waals surface area contributed by atoms with E-state index in [0.29, 0.717) is 12.1 Å². The first-order chi connectivity index (χ1) is 8.15. The number of rotatable bonds is 3. The molecule has 4 heteroatoms. The average molecular weight is 252 g/mol. The second kappa shape index (κ2) is 5.34. The van der Waals surface area contributed by atoms with Crippen LogP contribution in [0.5, 0.6) is 0 Å². The molecule has 0 saturated heterocycles. The molecule has 0 aromatic heterocycles. The highest BCUT2D eigenvalue weighted by atomic mass is 35.5. The van der Waals surface area contributed by atoms with Gasteiger partial charge in [-0.05, 0) is 24.1 Å². The van der Waals surface area contributed by atoms with E-state index >= 15 is 0 Å². The van der Waals surface area contributed by atoms with E-state index in [0.717, 1.165) is 30.1 Å². The van der Waals surface area contributed by atoms with Crippen LogP contribution in [0.25, 0.3) is 0 Å². The highest BCUT2D eigenvalue weighted by Crippen LogP contribution is 2.15. The van der Waals surface area contributed by atoms with Gasteiger partial charge in [-0.15, -0.1) is 0 Å². The van der Waals surface area contributed by atoms with Crippen molar-refractivity contribution in [2.24, 2.45) is 0 Å². The van der Waals surface area contributed by atoms with Crippen LogP contribution in [0.4, 0.5) is 0 Å². The molecule has 1 aromatic rings. The Morgan fingerprint density at radius 1 is 1.35 bits per heavy atom. The molecule has 17 heavy (non-hydrogen) atoms. The van der Waals surface area contributed by atoms with Crippen molar-refractivity contribution < 1.29 is 9.90 Å². The number of hydrogen-bond acceptors (Lipinski definition) is 2. The largest absolute Gasteiger partial charge is 0.478 e. The number of nitrogens with zero attached hydrogens (tertiary/aromatic N) is 1. The van der Waals surface area contributed by atoms with E-state index in [1.807, 2.05) is 24.3 Å². The zero-order valence-corrected chi connectivity index (χ0v) is 10.2. The zero-order valence-electron chi connectivity index (χ0n) is 9.40. The molecule has 1 aliphatic heterocycles. The van der Waals surface area contributed by atoms with Crippen LogP contribution in [-0.4, -0.2) is 29.1 Å². The van der Waals surface area contributed by atoms with Gasteiger partial charge < -0.3 is 5.11 Å². The summed E-state index contributed by atoms with van der Waals surface area (Å²) in [6.45, 7) is 2.18. The van der Waals surface area contributed by atoms with Crippen molar-refractivity contribution in [3.63, 3.8) is 0 Å². The third-order valence-corrected chi connectivity index (χ3v) is 3.08. The molecule has 0 unspecified atom stereocenters. The van der Waals surface area contributed by atoms with Crippen LogP contribution in [0.1, 0.15) is 12.0 Å². The maximum atomic E-state index is 10.9. The smallest absolute Gasteiger partial charge is 0.332 e. The summed E-state index contributed by atoms with van der Waals surface area (Å²) in [4.78, 5) is 13.0. The lowest BCUT2D eigenvalue weighted by Crippen LogP contribution is -2.31. The van der Waals surface area contributed by atoms with Crippen molar-refractivity contribution in [3.05, 3.63) is 46.5 Å². The van der Waals surface area contributed by atoms with E-state index in [4.69, 9.17) is 16.7 Å². The Morgan fingerprint density at radius 2 is 2.06 bits per heavy atom. The molecule has 1 aliphatic rings. The molecule has 0 atom stereocenters. The molecule has 90 valence electrons. The fourth-order valence-electron chi connectivity index (χ4n) is 1.94. The Labute approximate surface area is 105 Å². The summed E-state index contributed by atoms with van der Waals surface area (Å²) in [7, 11) is 0. The molecular formula is C13H14ClNO2. The summed E-state index contributed by atoms with van der Waals surface area (Å²) in [6, 6.07) is 7.66. The number of carboxylic acid groups (broad SMARTS) is 1. The molecule has 0 amide bonds. The van der Waals surface area contributed by atoms with E-state index in [1.165, 1.54) is 0 Å². The van der Waals surface area contributed by atoms with Crippen LogP contribution in [0.3, 0.4) is 0 Å². The Balaban J connectivity index is 1.99. The molecule has 1 N–H and O–H groups in total. The highest BCUT2D eigenvalue weighted by Gasteiger charge is 2.17. The normalized spacial score (nSPS) is 16.6. The number of benzene rings is 1. The second-order valence-electron chi connectivity index (χ2n) is 4.16.